The van der Waals surface area contributed by atoms with Crippen molar-refractivity contribution in [3.63, 3.8) is 0 Å². The maximum atomic E-state index is 13.1. The van der Waals surface area contributed by atoms with Crippen molar-refractivity contribution >= 4 is 17.4 Å². The number of pyridine rings is 1. The number of likely N-dealkylation sites (N-methyl/N-ethyl adjacent to an activating group) is 1. The van der Waals surface area contributed by atoms with E-state index in [4.69, 9.17) is 0 Å². The molecule has 1 aromatic carbocycles. The number of rotatable bonds is 5. The first-order valence-corrected chi connectivity index (χ1v) is 6.61. The summed E-state index contributed by atoms with van der Waals surface area (Å²) in [5.41, 5.74) is 3.10. The molecule has 0 bridgehead atoms. The second-order valence-corrected chi connectivity index (χ2v) is 4.99. The van der Waals surface area contributed by atoms with Gasteiger partial charge in [-0.3, -0.25) is 9.78 Å². The van der Waals surface area contributed by atoms with Gasteiger partial charge >= 0.3 is 0 Å². The first-order chi connectivity index (χ1) is 10.1. The molecule has 0 amide bonds. The highest BCUT2D eigenvalue weighted by molar-refractivity contribution is 6.17. The number of benzene rings is 1. The minimum Gasteiger partial charge on any atom is -0.305 e. The zero-order chi connectivity index (χ0) is 15.2. The minimum absolute atomic E-state index is 0.318. The third-order valence-electron chi connectivity index (χ3n) is 3.10. The Kier molecular flexibility index (Phi) is 4.95. The molecule has 0 spiro atoms. The number of hydrogen-bond donors (Lipinski definition) is 0. The zero-order valence-corrected chi connectivity index (χ0v) is 12.1. The van der Waals surface area contributed by atoms with Gasteiger partial charge < -0.3 is 4.90 Å². The van der Waals surface area contributed by atoms with Crippen molar-refractivity contribution in [3.8, 4) is 0 Å². The molecule has 0 N–H and O–H groups in total. The average Bonchev–Trinajstić information content (AvgIpc) is 2.49. The summed E-state index contributed by atoms with van der Waals surface area (Å²) in [6.07, 6.45) is 4.21. The van der Waals surface area contributed by atoms with Crippen molar-refractivity contribution in [3.05, 3.63) is 65.7 Å². The van der Waals surface area contributed by atoms with Crippen LogP contribution in [0.15, 0.2) is 48.8 Å². The maximum Gasteiger partial charge on any atom is 0.151 e. The maximum absolute atomic E-state index is 13.1. The number of hydrogen-bond acceptors (Lipinski definition) is 3. The lowest BCUT2D eigenvalue weighted by molar-refractivity contribution is -0.103. The van der Waals surface area contributed by atoms with Crippen molar-refractivity contribution < 1.29 is 9.18 Å². The van der Waals surface area contributed by atoms with Gasteiger partial charge in [0.1, 0.15) is 5.82 Å². The quantitative estimate of drug-likeness (QED) is 0.625. The summed E-state index contributed by atoms with van der Waals surface area (Å²) in [5.74, 6) is -0.318. The molecule has 108 valence electrons. The summed E-state index contributed by atoms with van der Waals surface area (Å²) in [7, 11) is 3.88. The molecule has 0 unspecified atom stereocenters. The predicted octanol–water partition coefficient (Wildman–Crippen LogP) is 2.89. The van der Waals surface area contributed by atoms with Gasteiger partial charge in [0.05, 0.1) is 0 Å². The van der Waals surface area contributed by atoms with Crippen LogP contribution < -0.4 is 0 Å². The second kappa shape index (κ2) is 6.90. The Morgan fingerprint density at radius 3 is 2.24 bits per heavy atom. The Labute approximate surface area is 123 Å². The first-order valence-electron chi connectivity index (χ1n) is 6.61. The van der Waals surface area contributed by atoms with Crippen LogP contribution in [0.4, 0.5) is 4.39 Å². The highest BCUT2D eigenvalue weighted by atomic mass is 19.1. The van der Waals surface area contributed by atoms with E-state index in [2.05, 4.69) is 4.98 Å². The van der Waals surface area contributed by atoms with Gasteiger partial charge in [-0.1, -0.05) is 12.1 Å². The van der Waals surface area contributed by atoms with E-state index >= 15 is 0 Å². The van der Waals surface area contributed by atoms with Gasteiger partial charge in [-0.25, -0.2) is 4.39 Å². The molecule has 4 heteroatoms. The van der Waals surface area contributed by atoms with Crippen LogP contribution in [0.3, 0.4) is 0 Å². The van der Waals surface area contributed by atoms with Gasteiger partial charge in [0.25, 0.3) is 0 Å². The lowest BCUT2D eigenvalue weighted by Crippen LogP contribution is -2.16. The van der Waals surface area contributed by atoms with E-state index in [1.54, 1.807) is 24.5 Å². The highest BCUT2D eigenvalue weighted by Gasteiger charge is 2.12. The summed E-state index contributed by atoms with van der Waals surface area (Å²) < 4.78 is 13.1. The molecule has 1 heterocycles. The largest absolute Gasteiger partial charge is 0.305 e. The van der Waals surface area contributed by atoms with Gasteiger partial charge in [-0.05, 0) is 55.1 Å². The van der Waals surface area contributed by atoms with Crippen molar-refractivity contribution in [2.45, 2.75) is 0 Å². The Hall–Kier alpha value is -2.33. The molecule has 1 aromatic heterocycles. The summed E-state index contributed by atoms with van der Waals surface area (Å²) in [5, 5.41) is 0. The average molecular weight is 284 g/mol. The molecule has 2 aromatic rings. The third kappa shape index (κ3) is 3.83. The van der Waals surface area contributed by atoms with Crippen LogP contribution in [0.25, 0.3) is 11.1 Å². The summed E-state index contributed by atoms with van der Waals surface area (Å²) in [6, 6.07) is 9.70. The van der Waals surface area contributed by atoms with Crippen molar-refractivity contribution in [1.29, 1.82) is 0 Å². The lowest BCUT2D eigenvalue weighted by Gasteiger charge is -2.17. The standard InChI is InChI=1S/C17H17FN2O/c1-20(2)11-16(14-7-9-19-10-8-14)17(12-21)13-3-5-15(18)6-4-13/h3-10,12H,11H2,1-2H3. The number of halogens is 1. The number of carbonyl (C=O) groups excluding carboxylic acids is 1. The van der Waals surface area contributed by atoms with Crippen molar-refractivity contribution in [1.82, 2.24) is 9.88 Å². The molecule has 21 heavy (non-hydrogen) atoms. The number of nitrogens with zero attached hydrogens (tertiary/aromatic N) is 2. The Balaban J connectivity index is 2.58. The number of allylic oxidation sites excluding steroid dienone is 1. The topological polar surface area (TPSA) is 33.2 Å². The van der Waals surface area contributed by atoms with E-state index in [0.717, 1.165) is 17.4 Å². The first kappa shape index (κ1) is 15.1. The molecule has 0 atom stereocenters. The van der Waals surface area contributed by atoms with Crippen LogP contribution >= 0.6 is 0 Å². The fourth-order valence-electron chi connectivity index (χ4n) is 2.14. The molecule has 0 aliphatic carbocycles. The summed E-state index contributed by atoms with van der Waals surface area (Å²) in [4.78, 5) is 17.6. The third-order valence-corrected chi connectivity index (χ3v) is 3.10. The predicted molar refractivity (Wildman–Crippen MR) is 82.1 cm³/mol. The molecule has 0 saturated heterocycles. The molecule has 2 rings (SSSR count). The number of aromatic nitrogens is 1. The van der Waals surface area contributed by atoms with Crippen LogP contribution in [0.2, 0.25) is 0 Å². The molecule has 0 fully saturated rings. The van der Waals surface area contributed by atoms with Crippen LogP contribution in [0, 0.1) is 5.82 Å². The summed E-state index contributed by atoms with van der Waals surface area (Å²) in [6.45, 7) is 0.607. The van der Waals surface area contributed by atoms with Crippen molar-refractivity contribution in [2.24, 2.45) is 0 Å². The van der Waals surface area contributed by atoms with Gasteiger partial charge in [-0.15, -0.1) is 0 Å². The normalized spacial score (nSPS) is 12.2. The minimum atomic E-state index is -0.318. The van der Waals surface area contributed by atoms with Gasteiger partial charge in [0, 0.05) is 24.5 Å². The molecular weight excluding hydrogens is 267 g/mol. The van der Waals surface area contributed by atoms with Gasteiger partial charge in [0.15, 0.2) is 6.29 Å². The molecule has 0 aliphatic rings. The smallest absolute Gasteiger partial charge is 0.151 e. The second-order valence-electron chi connectivity index (χ2n) is 4.99. The Bertz CT molecular complexity index is 634. The van der Waals surface area contributed by atoms with Gasteiger partial charge in [0.2, 0.25) is 0 Å². The fraction of sp³-hybridized carbons (Fsp3) is 0.176. The van der Waals surface area contributed by atoms with Crippen LogP contribution in [0.5, 0.6) is 0 Å². The zero-order valence-electron chi connectivity index (χ0n) is 12.1. The fourth-order valence-corrected chi connectivity index (χ4v) is 2.14. The van der Waals surface area contributed by atoms with Gasteiger partial charge in [-0.2, -0.15) is 0 Å². The van der Waals surface area contributed by atoms with E-state index in [9.17, 15) is 9.18 Å². The van der Waals surface area contributed by atoms with Crippen LogP contribution in [-0.2, 0) is 4.79 Å². The number of aldehydes is 1. The Morgan fingerprint density at radius 1 is 1.10 bits per heavy atom. The number of carbonyl (C=O) groups is 1. The molecule has 0 saturated carbocycles. The van der Waals surface area contributed by atoms with E-state index in [1.165, 1.54) is 12.1 Å². The molecule has 3 nitrogen and oxygen atoms in total. The summed E-state index contributed by atoms with van der Waals surface area (Å²) >= 11 is 0. The lowest BCUT2D eigenvalue weighted by atomic mass is 9.95. The highest BCUT2D eigenvalue weighted by Crippen LogP contribution is 2.25. The molecular formula is C17H17FN2O. The Morgan fingerprint density at radius 2 is 1.71 bits per heavy atom. The van der Waals surface area contributed by atoms with E-state index in [0.29, 0.717) is 17.7 Å². The SMILES string of the molecule is CN(C)CC(=C(C=O)c1ccc(F)cc1)c1ccncc1. The van der Waals surface area contributed by atoms with E-state index in [-0.39, 0.29) is 5.82 Å². The monoisotopic (exact) mass is 284 g/mol. The van der Waals surface area contributed by atoms with Crippen LogP contribution in [-0.4, -0.2) is 36.8 Å². The van der Waals surface area contributed by atoms with E-state index < -0.39 is 0 Å². The van der Waals surface area contributed by atoms with Crippen molar-refractivity contribution in [2.75, 3.05) is 20.6 Å². The van der Waals surface area contributed by atoms with Crippen LogP contribution in [0.1, 0.15) is 11.1 Å². The van der Waals surface area contributed by atoms with E-state index in [1.807, 2.05) is 31.1 Å². The molecule has 0 aliphatic heterocycles. The molecule has 0 radical (unpaired) electrons.